The lowest BCUT2D eigenvalue weighted by Crippen LogP contribution is -1.96. The number of nitro benzene ring substituents is 1. The number of nitro groups is 1. The number of hydrogen-bond donors (Lipinski definition) is 1. The van der Waals surface area contributed by atoms with Gasteiger partial charge in [0, 0.05) is 19.2 Å². The highest BCUT2D eigenvalue weighted by Gasteiger charge is 2.11. The van der Waals surface area contributed by atoms with Crippen molar-refractivity contribution in [2.75, 3.05) is 12.4 Å². The third-order valence-electron chi connectivity index (χ3n) is 2.50. The quantitative estimate of drug-likeness (QED) is 0.671. The van der Waals surface area contributed by atoms with E-state index in [4.69, 9.17) is 4.74 Å². The summed E-state index contributed by atoms with van der Waals surface area (Å²) < 4.78 is 5.55. The summed E-state index contributed by atoms with van der Waals surface area (Å²) in [7, 11) is 1.73. The van der Waals surface area contributed by atoms with Crippen LogP contribution in [-0.4, -0.2) is 21.9 Å². The van der Waals surface area contributed by atoms with Gasteiger partial charge in [-0.25, -0.2) is 9.97 Å². The Kier molecular flexibility index (Phi) is 3.56. The third kappa shape index (κ3) is 2.95. The first-order chi connectivity index (χ1) is 9.10. The number of rotatable bonds is 4. The Morgan fingerprint density at radius 2 is 2.11 bits per heavy atom. The smallest absolute Gasteiger partial charge is 0.273 e. The molecule has 0 aliphatic heterocycles. The predicted octanol–water partition coefficient (Wildman–Crippen LogP) is 2.53. The van der Waals surface area contributed by atoms with E-state index >= 15 is 0 Å². The van der Waals surface area contributed by atoms with Gasteiger partial charge in [-0.3, -0.25) is 10.1 Å². The molecule has 0 saturated carbocycles. The fraction of sp³-hybridized carbons (Fsp3) is 0.167. The van der Waals surface area contributed by atoms with Crippen LogP contribution in [0.3, 0.4) is 0 Å². The average molecular weight is 260 g/mol. The fourth-order valence-electron chi connectivity index (χ4n) is 1.46. The van der Waals surface area contributed by atoms with E-state index in [0.717, 1.165) is 5.56 Å². The summed E-state index contributed by atoms with van der Waals surface area (Å²) in [6.07, 6.45) is 1.36. The monoisotopic (exact) mass is 260 g/mol. The van der Waals surface area contributed by atoms with Crippen molar-refractivity contribution >= 4 is 11.5 Å². The summed E-state index contributed by atoms with van der Waals surface area (Å²) in [4.78, 5) is 18.2. The molecule has 2 rings (SSSR count). The predicted molar refractivity (Wildman–Crippen MR) is 69.5 cm³/mol. The Hall–Kier alpha value is -2.70. The molecule has 1 aromatic carbocycles. The lowest BCUT2D eigenvalue weighted by atomic mass is 10.2. The molecular weight excluding hydrogens is 248 g/mol. The molecular formula is C12H12N4O3. The summed E-state index contributed by atoms with van der Waals surface area (Å²) >= 11 is 0. The number of aromatic nitrogens is 2. The van der Waals surface area contributed by atoms with Gasteiger partial charge in [0.05, 0.1) is 11.0 Å². The van der Waals surface area contributed by atoms with Gasteiger partial charge in [0.2, 0.25) is 5.88 Å². The van der Waals surface area contributed by atoms with Gasteiger partial charge in [-0.1, -0.05) is 0 Å². The zero-order valence-corrected chi connectivity index (χ0v) is 10.5. The van der Waals surface area contributed by atoms with E-state index < -0.39 is 4.92 Å². The van der Waals surface area contributed by atoms with Crippen molar-refractivity contribution in [2.24, 2.45) is 0 Å². The molecule has 0 fully saturated rings. The van der Waals surface area contributed by atoms with Crippen LogP contribution in [0.1, 0.15) is 5.56 Å². The lowest BCUT2D eigenvalue weighted by molar-refractivity contribution is -0.384. The fourth-order valence-corrected chi connectivity index (χ4v) is 1.46. The summed E-state index contributed by atoms with van der Waals surface area (Å²) in [5.41, 5.74) is 0.763. The van der Waals surface area contributed by atoms with Crippen LogP contribution in [0.15, 0.2) is 30.6 Å². The van der Waals surface area contributed by atoms with Crippen LogP contribution in [0, 0.1) is 17.0 Å². The topological polar surface area (TPSA) is 90.2 Å². The van der Waals surface area contributed by atoms with Gasteiger partial charge in [-0.15, -0.1) is 0 Å². The average Bonchev–Trinajstić information content (AvgIpc) is 2.41. The molecule has 0 aliphatic carbocycles. The molecule has 98 valence electrons. The molecule has 0 radical (unpaired) electrons. The minimum absolute atomic E-state index is 0.0245. The van der Waals surface area contributed by atoms with Crippen molar-refractivity contribution in [2.45, 2.75) is 6.92 Å². The molecule has 1 aromatic heterocycles. The Balaban J connectivity index is 2.31. The zero-order chi connectivity index (χ0) is 13.8. The molecule has 0 spiro atoms. The number of aryl methyl sites for hydroxylation is 1. The number of ether oxygens (including phenoxy) is 1. The third-order valence-corrected chi connectivity index (χ3v) is 2.50. The van der Waals surface area contributed by atoms with E-state index in [9.17, 15) is 10.1 Å². The SMILES string of the molecule is CNc1cc(Oc2cc([N+](=O)[O-])ccc2C)ncn1. The van der Waals surface area contributed by atoms with E-state index in [1.165, 1.54) is 18.5 Å². The minimum atomic E-state index is -0.467. The summed E-state index contributed by atoms with van der Waals surface area (Å²) in [6, 6.07) is 6.05. The van der Waals surface area contributed by atoms with Crippen LogP contribution in [-0.2, 0) is 0 Å². The molecule has 1 heterocycles. The second-order valence-electron chi connectivity index (χ2n) is 3.80. The minimum Gasteiger partial charge on any atom is -0.438 e. The highest BCUT2D eigenvalue weighted by Crippen LogP contribution is 2.28. The van der Waals surface area contributed by atoms with Crippen LogP contribution in [0.4, 0.5) is 11.5 Å². The number of anilines is 1. The van der Waals surface area contributed by atoms with E-state index in [2.05, 4.69) is 15.3 Å². The van der Waals surface area contributed by atoms with Gasteiger partial charge >= 0.3 is 0 Å². The lowest BCUT2D eigenvalue weighted by Gasteiger charge is -2.08. The first kappa shape index (κ1) is 12.7. The van der Waals surface area contributed by atoms with Crippen molar-refractivity contribution in [1.82, 2.24) is 9.97 Å². The number of benzene rings is 1. The van der Waals surface area contributed by atoms with Crippen molar-refractivity contribution < 1.29 is 9.66 Å². The van der Waals surface area contributed by atoms with Gasteiger partial charge < -0.3 is 10.1 Å². The maximum atomic E-state index is 10.7. The second-order valence-corrected chi connectivity index (χ2v) is 3.80. The van der Waals surface area contributed by atoms with E-state index in [1.807, 2.05) is 0 Å². The maximum absolute atomic E-state index is 10.7. The molecule has 0 aliphatic rings. The van der Waals surface area contributed by atoms with E-state index in [0.29, 0.717) is 17.4 Å². The zero-order valence-electron chi connectivity index (χ0n) is 10.5. The molecule has 19 heavy (non-hydrogen) atoms. The van der Waals surface area contributed by atoms with Crippen LogP contribution in [0.25, 0.3) is 0 Å². The molecule has 7 nitrogen and oxygen atoms in total. The maximum Gasteiger partial charge on any atom is 0.273 e. The van der Waals surface area contributed by atoms with Gasteiger partial charge in [0.15, 0.2) is 0 Å². The molecule has 2 aromatic rings. The molecule has 1 N–H and O–H groups in total. The van der Waals surface area contributed by atoms with Crippen molar-refractivity contribution in [3.05, 3.63) is 46.3 Å². The number of nitrogens with one attached hydrogen (secondary N) is 1. The number of non-ortho nitro benzene ring substituents is 1. The van der Waals surface area contributed by atoms with E-state index in [-0.39, 0.29) is 5.69 Å². The molecule has 0 saturated heterocycles. The van der Waals surface area contributed by atoms with Crippen LogP contribution < -0.4 is 10.1 Å². The molecule has 0 atom stereocenters. The van der Waals surface area contributed by atoms with Gasteiger partial charge in [0.25, 0.3) is 5.69 Å². The molecule has 7 heteroatoms. The van der Waals surface area contributed by atoms with Crippen LogP contribution >= 0.6 is 0 Å². The van der Waals surface area contributed by atoms with Crippen LogP contribution in [0.2, 0.25) is 0 Å². The summed E-state index contributed by atoms with van der Waals surface area (Å²) in [5, 5.41) is 13.6. The second kappa shape index (κ2) is 5.30. The number of hydrogen-bond acceptors (Lipinski definition) is 6. The van der Waals surface area contributed by atoms with Gasteiger partial charge in [-0.2, -0.15) is 0 Å². The highest BCUT2D eigenvalue weighted by molar-refractivity contribution is 5.46. The molecule has 0 unspecified atom stereocenters. The Bertz CT molecular complexity index is 616. The Morgan fingerprint density at radius 1 is 1.32 bits per heavy atom. The van der Waals surface area contributed by atoms with Crippen molar-refractivity contribution in [1.29, 1.82) is 0 Å². The largest absolute Gasteiger partial charge is 0.438 e. The van der Waals surface area contributed by atoms with Gasteiger partial charge in [-0.05, 0) is 18.6 Å². The first-order valence-corrected chi connectivity index (χ1v) is 5.53. The number of nitrogens with zero attached hydrogens (tertiary/aromatic N) is 3. The molecule has 0 amide bonds. The normalized spacial score (nSPS) is 10.0. The standard InChI is InChI=1S/C12H12N4O3/c1-8-3-4-9(16(17)18)5-10(8)19-12-6-11(13-2)14-7-15-12/h3-7H,1-2H3,(H,13,14,15). The van der Waals surface area contributed by atoms with E-state index in [1.54, 1.807) is 26.1 Å². The van der Waals surface area contributed by atoms with Crippen LogP contribution in [0.5, 0.6) is 11.6 Å². The summed E-state index contributed by atoms with van der Waals surface area (Å²) in [6.45, 7) is 1.80. The highest BCUT2D eigenvalue weighted by atomic mass is 16.6. The molecule has 0 bridgehead atoms. The van der Waals surface area contributed by atoms with Gasteiger partial charge in [0.1, 0.15) is 17.9 Å². The van der Waals surface area contributed by atoms with Crippen molar-refractivity contribution in [3.8, 4) is 11.6 Å². The first-order valence-electron chi connectivity index (χ1n) is 5.53. The van der Waals surface area contributed by atoms with Crippen molar-refractivity contribution in [3.63, 3.8) is 0 Å². The Morgan fingerprint density at radius 3 is 2.79 bits per heavy atom. The summed E-state index contributed by atoms with van der Waals surface area (Å²) in [5.74, 6) is 1.32. The Labute approximate surface area is 109 Å².